The van der Waals surface area contributed by atoms with Crippen LogP contribution >= 0.6 is 11.6 Å². The smallest absolute Gasteiger partial charge is 0.225 e. The highest BCUT2D eigenvalue weighted by Crippen LogP contribution is 2.19. The van der Waals surface area contributed by atoms with Crippen molar-refractivity contribution in [3.05, 3.63) is 29.0 Å². The fourth-order valence-corrected chi connectivity index (χ4v) is 1.15. The van der Waals surface area contributed by atoms with E-state index >= 15 is 0 Å². The Hall–Kier alpha value is -1.60. The molecule has 1 rings (SSSR count). The first-order valence-electron chi connectivity index (χ1n) is 4.25. The van der Waals surface area contributed by atoms with E-state index < -0.39 is 5.82 Å². The first-order valence-corrected chi connectivity index (χ1v) is 4.63. The second-order valence-electron chi connectivity index (χ2n) is 2.84. The van der Waals surface area contributed by atoms with Crippen molar-refractivity contribution >= 4 is 23.2 Å². The van der Waals surface area contributed by atoms with Crippen LogP contribution in [-0.4, -0.2) is 5.91 Å². The normalized spacial score (nSPS) is 9.40. The van der Waals surface area contributed by atoms with Gasteiger partial charge >= 0.3 is 0 Å². The van der Waals surface area contributed by atoms with Crippen LogP contribution in [-0.2, 0) is 4.79 Å². The zero-order valence-corrected chi connectivity index (χ0v) is 8.51. The summed E-state index contributed by atoms with van der Waals surface area (Å²) in [4.78, 5) is 11.2. The number of hydrogen-bond donors (Lipinski definition) is 1. The van der Waals surface area contributed by atoms with Crippen LogP contribution in [0.25, 0.3) is 0 Å². The van der Waals surface area contributed by atoms with Crippen LogP contribution in [0.5, 0.6) is 0 Å². The van der Waals surface area contributed by atoms with Crippen molar-refractivity contribution in [3.63, 3.8) is 0 Å². The molecule has 1 N–H and O–H groups in total. The van der Waals surface area contributed by atoms with Gasteiger partial charge in [-0.25, -0.2) is 4.39 Å². The summed E-state index contributed by atoms with van der Waals surface area (Å²) in [6.45, 7) is 0. The van der Waals surface area contributed by atoms with Gasteiger partial charge in [-0.2, -0.15) is 5.26 Å². The molecule has 0 unspecified atom stereocenters. The van der Waals surface area contributed by atoms with Crippen LogP contribution in [0, 0.1) is 17.1 Å². The number of rotatable bonds is 3. The Balaban J connectivity index is 2.62. The Kier molecular flexibility index (Phi) is 4.07. The van der Waals surface area contributed by atoms with Crippen molar-refractivity contribution in [2.24, 2.45) is 0 Å². The first-order chi connectivity index (χ1) is 7.13. The third-order valence-electron chi connectivity index (χ3n) is 1.67. The standard InChI is InChI=1S/C10H8ClFN2O/c11-8-6-7(3-4-9(8)12)14-10(15)2-1-5-13/h3-4,6H,1-2H2,(H,14,15). The molecule has 15 heavy (non-hydrogen) atoms. The van der Waals surface area contributed by atoms with Gasteiger partial charge in [-0.3, -0.25) is 4.79 Å². The Morgan fingerprint density at radius 1 is 1.60 bits per heavy atom. The zero-order chi connectivity index (χ0) is 11.3. The van der Waals surface area contributed by atoms with Crippen molar-refractivity contribution in [3.8, 4) is 6.07 Å². The number of benzene rings is 1. The van der Waals surface area contributed by atoms with E-state index in [1.54, 1.807) is 0 Å². The van der Waals surface area contributed by atoms with Crippen LogP contribution in [0.3, 0.4) is 0 Å². The molecule has 0 atom stereocenters. The molecule has 5 heteroatoms. The number of nitrogens with one attached hydrogen (secondary N) is 1. The number of carbonyl (C=O) groups excluding carboxylic acids is 1. The lowest BCUT2D eigenvalue weighted by molar-refractivity contribution is -0.116. The monoisotopic (exact) mass is 226 g/mol. The molecule has 0 aliphatic rings. The summed E-state index contributed by atoms with van der Waals surface area (Å²) >= 11 is 5.52. The van der Waals surface area contributed by atoms with Crippen LogP contribution in [0.2, 0.25) is 5.02 Å². The van der Waals surface area contributed by atoms with Crippen LogP contribution in [0.4, 0.5) is 10.1 Å². The van der Waals surface area contributed by atoms with Crippen molar-refractivity contribution in [2.75, 3.05) is 5.32 Å². The van der Waals surface area contributed by atoms with Gasteiger partial charge in [0.05, 0.1) is 11.1 Å². The molecular formula is C10H8ClFN2O. The molecule has 0 heterocycles. The SMILES string of the molecule is N#CCCC(=O)Nc1ccc(F)c(Cl)c1. The van der Waals surface area contributed by atoms with Crippen molar-refractivity contribution < 1.29 is 9.18 Å². The highest BCUT2D eigenvalue weighted by atomic mass is 35.5. The summed E-state index contributed by atoms with van der Waals surface area (Å²) in [6.07, 6.45) is 0.270. The maximum atomic E-state index is 12.8. The van der Waals surface area contributed by atoms with E-state index in [1.807, 2.05) is 6.07 Å². The van der Waals surface area contributed by atoms with Gasteiger partial charge in [-0.1, -0.05) is 11.6 Å². The highest BCUT2D eigenvalue weighted by Gasteiger charge is 2.04. The average molecular weight is 227 g/mol. The van der Waals surface area contributed by atoms with E-state index in [1.165, 1.54) is 18.2 Å². The van der Waals surface area contributed by atoms with E-state index in [0.717, 1.165) is 0 Å². The topological polar surface area (TPSA) is 52.9 Å². The summed E-state index contributed by atoms with van der Waals surface area (Å²) in [5.74, 6) is -0.828. The van der Waals surface area contributed by atoms with Gasteiger partial charge in [-0.15, -0.1) is 0 Å². The van der Waals surface area contributed by atoms with Crippen LogP contribution in [0.1, 0.15) is 12.8 Å². The molecule has 78 valence electrons. The number of anilines is 1. The fraction of sp³-hybridized carbons (Fsp3) is 0.200. The molecule has 0 spiro atoms. The molecule has 0 fully saturated rings. The van der Waals surface area contributed by atoms with Crippen molar-refractivity contribution in [1.82, 2.24) is 0 Å². The molecule has 0 saturated heterocycles. The fourth-order valence-electron chi connectivity index (χ4n) is 0.967. The molecule has 0 saturated carbocycles. The third-order valence-corrected chi connectivity index (χ3v) is 1.96. The van der Waals surface area contributed by atoms with Gasteiger partial charge in [0.2, 0.25) is 5.91 Å². The zero-order valence-electron chi connectivity index (χ0n) is 7.76. The van der Waals surface area contributed by atoms with Gasteiger partial charge in [0.25, 0.3) is 0 Å². The molecule has 0 radical (unpaired) electrons. The summed E-state index contributed by atoms with van der Waals surface area (Å²) in [6, 6.07) is 5.76. The minimum Gasteiger partial charge on any atom is -0.326 e. The maximum Gasteiger partial charge on any atom is 0.225 e. The number of carbonyl (C=O) groups is 1. The number of halogens is 2. The quantitative estimate of drug-likeness (QED) is 0.862. The predicted octanol–water partition coefficient (Wildman–Crippen LogP) is 2.72. The lowest BCUT2D eigenvalue weighted by atomic mass is 10.2. The maximum absolute atomic E-state index is 12.8. The summed E-state index contributed by atoms with van der Waals surface area (Å²) < 4.78 is 12.8. The molecule has 1 aromatic carbocycles. The van der Waals surface area contributed by atoms with Gasteiger partial charge < -0.3 is 5.32 Å². The van der Waals surface area contributed by atoms with Crippen molar-refractivity contribution in [1.29, 1.82) is 5.26 Å². The van der Waals surface area contributed by atoms with Gasteiger partial charge in [-0.05, 0) is 18.2 Å². The molecule has 0 aliphatic heterocycles. The summed E-state index contributed by atoms with van der Waals surface area (Å²) in [5, 5.41) is 10.7. The average Bonchev–Trinajstić information content (AvgIpc) is 2.20. The minimum absolute atomic E-state index is 0.0481. The highest BCUT2D eigenvalue weighted by molar-refractivity contribution is 6.31. The largest absolute Gasteiger partial charge is 0.326 e. The molecule has 3 nitrogen and oxygen atoms in total. The third kappa shape index (κ3) is 3.56. The lowest BCUT2D eigenvalue weighted by Crippen LogP contribution is -2.10. The van der Waals surface area contributed by atoms with E-state index in [2.05, 4.69) is 5.32 Å². The molecule has 1 amide bonds. The van der Waals surface area contributed by atoms with E-state index in [4.69, 9.17) is 16.9 Å². The predicted molar refractivity (Wildman–Crippen MR) is 54.9 cm³/mol. The molecular weight excluding hydrogens is 219 g/mol. The molecule has 0 bridgehead atoms. The van der Waals surface area contributed by atoms with E-state index in [9.17, 15) is 9.18 Å². The number of nitriles is 1. The van der Waals surface area contributed by atoms with Crippen molar-refractivity contribution in [2.45, 2.75) is 12.8 Å². The number of nitrogens with zero attached hydrogens (tertiary/aromatic N) is 1. The Labute approximate surface area is 91.5 Å². The number of hydrogen-bond acceptors (Lipinski definition) is 2. The Morgan fingerprint density at radius 2 is 2.33 bits per heavy atom. The van der Waals surface area contributed by atoms with Gasteiger partial charge in [0.15, 0.2) is 0 Å². The van der Waals surface area contributed by atoms with Crippen LogP contribution < -0.4 is 5.32 Å². The van der Waals surface area contributed by atoms with Gasteiger partial charge in [0, 0.05) is 18.5 Å². The summed E-state index contributed by atoms with van der Waals surface area (Å²) in [5.41, 5.74) is 0.421. The van der Waals surface area contributed by atoms with Crippen LogP contribution in [0.15, 0.2) is 18.2 Å². The number of amides is 1. The molecule has 1 aromatic rings. The lowest BCUT2D eigenvalue weighted by Gasteiger charge is -2.04. The summed E-state index contributed by atoms with van der Waals surface area (Å²) in [7, 11) is 0. The van der Waals surface area contributed by atoms with Gasteiger partial charge in [0.1, 0.15) is 5.82 Å². The second-order valence-corrected chi connectivity index (χ2v) is 3.24. The first kappa shape index (κ1) is 11.5. The van der Waals surface area contributed by atoms with E-state index in [-0.39, 0.29) is 23.8 Å². The Morgan fingerprint density at radius 3 is 2.93 bits per heavy atom. The van der Waals surface area contributed by atoms with E-state index in [0.29, 0.717) is 5.69 Å². The Bertz CT molecular complexity index is 414. The molecule has 0 aliphatic carbocycles. The molecule has 0 aromatic heterocycles. The second kappa shape index (κ2) is 5.32. The minimum atomic E-state index is -0.535.